The number of nitrogens with one attached hydrogen (secondary N) is 3. The molecule has 130 valence electrons. The Kier molecular flexibility index (Phi) is 4.02. The molecule has 4 rings (SSSR count). The maximum absolute atomic E-state index is 12.3. The van der Waals surface area contributed by atoms with Gasteiger partial charge in [0, 0.05) is 23.4 Å². The van der Waals surface area contributed by atoms with Crippen LogP contribution < -0.4 is 10.6 Å². The Balaban J connectivity index is 1.45. The number of tetrazole rings is 1. The smallest absolute Gasteiger partial charge is 0.338 e. The van der Waals surface area contributed by atoms with Gasteiger partial charge in [-0.2, -0.15) is 5.21 Å². The number of ether oxygens (including phenoxy) is 1. The fourth-order valence-electron chi connectivity index (χ4n) is 2.75. The fourth-order valence-corrected chi connectivity index (χ4v) is 2.75. The minimum atomic E-state index is -0.408. The first-order valence-corrected chi connectivity index (χ1v) is 7.87. The zero-order valence-electron chi connectivity index (χ0n) is 13.5. The Morgan fingerprint density at radius 2 is 2.08 bits per heavy atom. The molecule has 0 bridgehead atoms. The average Bonchev–Trinajstić information content (AvgIpc) is 3.26. The van der Waals surface area contributed by atoms with E-state index in [0.29, 0.717) is 34.7 Å². The lowest BCUT2D eigenvalue weighted by molar-refractivity contribution is 0.0535. The molecule has 0 atom stereocenters. The van der Waals surface area contributed by atoms with Crippen molar-refractivity contribution in [2.75, 3.05) is 10.6 Å². The van der Waals surface area contributed by atoms with Crippen LogP contribution in [0, 0.1) is 0 Å². The number of aromatic amines is 1. The number of benzene rings is 2. The zero-order valence-corrected chi connectivity index (χ0v) is 13.5. The SMILES string of the molecule is O=C(Nc1cccc(Cc2nn[nH]n2)c1)Nc1cccc2c1COC2=O. The number of fused-ring (bicyclic) bond motifs is 1. The molecule has 0 spiro atoms. The average molecular weight is 350 g/mol. The van der Waals surface area contributed by atoms with Crippen molar-refractivity contribution in [1.82, 2.24) is 20.6 Å². The van der Waals surface area contributed by atoms with Crippen molar-refractivity contribution in [2.24, 2.45) is 0 Å². The van der Waals surface area contributed by atoms with Gasteiger partial charge in [-0.05, 0) is 29.8 Å². The molecule has 2 amide bonds. The van der Waals surface area contributed by atoms with E-state index in [1.54, 1.807) is 24.3 Å². The predicted octanol–water partition coefficient (Wildman–Crippen LogP) is 2.10. The molecule has 2 heterocycles. The Bertz CT molecular complexity index is 970. The van der Waals surface area contributed by atoms with Gasteiger partial charge in [-0.1, -0.05) is 23.4 Å². The van der Waals surface area contributed by atoms with Gasteiger partial charge in [-0.3, -0.25) is 0 Å². The molecule has 9 nitrogen and oxygen atoms in total. The molecule has 2 aromatic carbocycles. The molecule has 1 aliphatic rings. The zero-order chi connectivity index (χ0) is 17.9. The van der Waals surface area contributed by atoms with Gasteiger partial charge in [0.2, 0.25) is 0 Å². The van der Waals surface area contributed by atoms with E-state index in [-0.39, 0.29) is 12.6 Å². The van der Waals surface area contributed by atoms with Crippen molar-refractivity contribution in [3.8, 4) is 0 Å². The summed E-state index contributed by atoms with van der Waals surface area (Å²) < 4.78 is 5.00. The van der Waals surface area contributed by atoms with Crippen LogP contribution in [-0.2, 0) is 17.8 Å². The van der Waals surface area contributed by atoms with Crippen molar-refractivity contribution >= 4 is 23.4 Å². The molecular weight excluding hydrogens is 336 g/mol. The largest absolute Gasteiger partial charge is 0.457 e. The van der Waals surface area contributed by atoms with Crippen LogP contribution in [0.3, 0.4) is 0 Å². The van der Waals surface area contributed by atoms with Gasteiger partial charge in [0.15, 0.2) is 5.82 Å². The highest BCUT2D eigenvalue weighted by Gasteiger charge is 2.24. The normalized spacial score (nSPS) is 12.4. The summed E-state index contributed by atoms with van der Waals surface area (Å²) in [5.41, 5.74) is 3.27. The van der Waals surface area contributed by atoms with E-state index in [2.05, 4.69) is 31.3 Å². The van der Waals surface area contributed by atoms with Crippen molar-refractivity contribution in [3.63, 3.8) is 0 Å². The summed E-state index contributed by atoms with van der Waals surface area (Å²) in [5, 5.41) is 19.3. The number of cyclic esters (lactones) is 1. The number of amides is 2. The van der Waals surface area contributed by atoms with Gasteiger partial charge < -0.3 is 15.4 Å². The number of hydrogen-bond acceptors (Lipinski definition) is 6. The second-order valence-electron chi connectivity index (χ2n) is 5.69. The first-order chi connectivity index (χ1) is 12.7. The van der Waals surface area contributed by atoms with E-state index in [0.717, 1.165) is 5.56 Å². The number of hydrogen-bond donors (Lipinski definition) is 3. The molecule has 0 unspecified atom stereocenters. The third-order valence-electron chi connectivity index (χ3n) is 3.93. The maximum atomic E-state index is 12.3. The first-order valence-electron chi connectivity index (χ1n) is 7.87. The summed E-state index contributed by atoms with van der Waals surface area (Å²) in [6.45, 7) is 0.158. The lowest BCUT2D eigenvalue weighted by Crippen LogP contribution is -2.20. The molecule has 1 aromatic heterocycles. The second kappa shape index (κ2) is 6.63. The number of H-pyrrole nitrogens is 1. The van der Waals surface area contributed by atoms with Crippen LogP contribution in [0.15, 0.2) is 42.5 Å². The van der Waals surface area contributed by atoms with Crippen LogP contribution >= 0.6 is 0 Å². The van der Waals surface area contributed by atoms with Gasteiger partial charge >= 0.3 is 12.0 Å². The van der Waals surface area contributed by atoms with E-state index < -0.39 is 6.03 Å². The number of carbonyl (C=O) groups is 2. The molecule has 0 saturated carbocycles. The van der Waals surface area contributed by atoms with Crippen LogP contribution in [0.2, 0.25) is 0 Å². The Labute approximate surface area is 147 Å². The van der Waals surface area contributed by atoms with E-state index in [9.17, 15) is 9.59 Å². The minimum absolute atomic E-state index is 0.158. The molecular formula is C17H14N6O3. The summed E-state index contributed by atoms with van der Waals surface area (Å²) in [5.74, 6) is 0.189. The second-order valence-corrected chi connectivity index (χ2v) is 5.69. The molecule has 0 saturated heterocycles. The highest BCUT2D eigenvalue weighted by Crippen LogP contribution is 2.27. The summed E-state index contributed by atoms with van der Waals surface area (Å²) >= 11 is 0. The van der Waals surface area contributed by atoms with E-state index in [1.807, 2.05) is 18.2 Å². The van der Waals surface area contributed by atoms with Crippen LogP contribution in [0.25, 0.3) is 0 Å². The number of aromatic nitrogens is 4. The van der Waals surface area contributed by atoms with E-state index in [4.69, 9.17) is 4.74 Å². The predicted molar refractivity (Wildman–Crippen MR) is 91.6 cm³/mol. The Morgan fingerprint density at radius 3 is 2.92 bits per heavy atom. The molecule has 3 aromatic rings. The lowest BCUT2D eigenvalue weighted by Gasteiger charge is -2.10. The van der Waals surface area contributed by atoms with E-state index in [1.165, 1.54) is 0 Å². The molecule has 0 fully saturated rings. The summed E-state index contributed by atoms with van der Waals surface area (Å²) in [4.78, 5) is 23.9. The molecule has 9 heteroatoms. The fraction of sp³-hybridized carbons (Fsp3) is 0.118. The monoisotopic (exact) mass is 350 g/mol. The summed E-state index contributed by atoms with van der Waals surface area (Å²) in [6.07, 6.45) is 0.499. The highest BCUT2D eigenvalue weighted by molar-refractivity contribution is 6.02. The van der Waals surface area contributed by atoms with Gasteiger partial charge in [0.25, 0.3) is 0 Å². The van der Waals surface area contributed by atoms with Gasteiger partial charge in [0.1, 0.15) is 6.61 Å². The molecule has 0 radical (unpaired) electrons. The number of esters is 1. The molecule has 0 aliphatic carbocycles. The number of nitrogens with zero attached hydrogens (tertiary/aromatic N) is 3. The topological polar surface area (TPSA) is 122 Å². The Hall–Kier alpha value is -3.75. The van der Waals surface area contributed by atoms with Crippen LogP contribution in [0.4, 0.5) is 16.2 Å². The Morgan fingerprint density at radius 1 is 1.19 bits per heavy atom. The standard InChI is InChI=1S/C17H14N6O3/c24-16-12-5-2-6-14(13(12)9-26-16)19-17(25)18-11-4-1-3-10(7-11)8-15-20-22-23-21-15/h1-7H,8-9H2,(H2,18,19,25)(H,20,21,22,23). The van der Waals surface area contributed by atoms with Crippen molar-refractivity contribution in [1.29, 1.82) is 0 Å². The van der Waals surface area contributed by atoms with Gasteiger partial charge in [-0.25, -0.2) is 9.59 Å². The van der Waals surface area contributed by atoms with Gasteiger partial charge in [-0.15, -0.1) is 10.2 Å². The summed E-state index contributed by atoms with van der Waals surface area (Å²) in [7, 11) is 0. The minimum Gasteiger partial charge on any atom is -0.457 e. The highest BCUT2D eigenvalue weighted by atomic mass is 16.5. The van der Waals surface area contributed by atoms with Gasteiger partial charge in [0.05, 0.1) is 5.56 Å². The number of urea groups is 1. The summed E-state index contributed by atoms with van der Waals surface area (Å²) in [6, 6.07) is 12.0. The van der Waals surface area contributed by atoms with Crippen molar-refractivity contribution in [3.05, 3.63) is 65.0 Å². The van der Waals surface area contributed by atoms with Crippen LogP contribution in [0.5, 0.6) is 0 Å². The molecule has 26 heavy (non-hydrogen) atoms. The van der Waals surface area contributed by atoms with Crippen LogP contribution in [0.1, 0.15) is 27.3 Å². The maximum Gasteiger partial charge on any atom is 0.338 e. The van der Waals surface area contributed by atoms with Crippen molar-refractivity contribution < 1.29 is 14.3 Å². The first kappa shape index (κ1) is 15.8. The third kappa shape index (κ3) is 3.22. The lowest BCUT2D eigenvalue weighted by atomic mass is 10.1. The number of carbonyl (C=O) groups excluding carboxylic acids is 2. The number of rotatable bonds is 4. The molecule has 3 N–H and O–H groups in total. The molecule has 1 aliphatic heterocycles. The number of anilines is 2. The van der Waals surface area contributed by atoms with Crippen LogP contribution in [-0.4, -0.2) is 32.6 Å². The third-order valence-corrected chi connectivity index (χ3v) is 3.93. The quantitative estimate of drug-likeness (QED) is 0.620. The van der Waals surface area contributed by atoms with Crippen molar-refractivity contribution in [2.45, 2.75) is 13.0 Å². The van der Waals surface area contributed by atoms with E-state index >= 15 is 0 Å².